The Labute approximate surface area is 206 Å². The molecule has 0 unspecified atom stereocenters. The molecular formula is C25H22ClN5O2S. The molecule has 0 radical (unpaired) electrons. The summed E-state index contributed by atoms with van der Waals surface area (Å²) in [6.45, 7) is 2.28. The predicted octanol–water partition coefficient (Wildman–Crippen LogP) is 5.22. The fraction of sp³-hybridized carbons (Fsp3) is 0.160. The van der Waals surface area contributed by atoms with Crippen molar-refractivity contribution in [2.24, 2.45) is 0 Å². The van der Waals surface area contributed by atoms with Crippen LogP contribution in [0, 0.1) is 6.92 Å². The number of hydrogen-bond donors (Lipinski definition) is 2. The van der Waals surface area contributed by atoms with Crippen molar-refractivity contribution in [3.63, 3.8) is 0 Å². The maximum absolute atomic E-state index is 13.3. The number of aryl methyl sites for hydroxylation is 1. The molecule has 1 aromatic heterocycles. The Morgan fingerprint density at radius 1 is 1.06 bits per heavy atom. The van der Waals surface area contributed by atoms with Crippen molar-refractivity contribution in [1.29, 1.82) is 0 Å². The van der Waals surface area contributed by atoms with Crippen molar-refractivity contribution in [1.82, 2.24) is 14.9 Å². The second-order valence-electron chi connectivity index (χ2n) is 7.89. The van der Waals surface area contributed by atoms with E-state index in [4.69, 9.17) is 16.3 Å². The fourth-order valence-electron chi connectivity index (χ4n) is 3.63. The molecule has 1 aliphatic heterocycles. The van der Waals surface area contributed by atoms with Gasteiger partial charge in [-0.05, 0) is 48.9 Å². The monoisotopic (exact) mass is 491 g/mol. The van der Waals surface area contributed by atoms with E-state index in [1.54, 1.807) is 24.3 Å². The normalized spacial score (nSPS) is 16.9. The molecule has 0 aliphatic carbocycles. The van der Waals surface area contributed by atoms with Crippen LogP contribution in [0.1, 0.15) is 23.0 Å². The molecule has 3 aromatic carbocycles. The molecule has 9 heteroatoms. The van der Waals surface area contributed by atoms with Crippen molar-refractivity contribution in [3.05, 3.63) is 101 Å². The quantitative estimate of drug-likeness (QED) is 0.385. The minimum Gasteiger partial charge on any atom is -0.486 e. The number of aromatic nitrogens is 3. The van der Waals surface area contributed by atoms with Crippen LogP contribution in [0.5, 0.6) is 5.75 Å². The van der Waals surface area contributed by atoms with Crippen molar-refractivity contribution in [2.75, 3.05) is 10.7 Å². The molecule has 0 bridgehead atoms. The van der Waals surface area contributed by atoms with Gasteiger partial charge < -0.3 is 15.5 Å². The standard InChI is InChI=1S/C25H22ClN5O2S/c1-16-7-9-17(10-8-16)22-23(24(32)27-19-13-11-18(26)12-14-19)34-25-29-28-21(31(25)30-22)15-33-20-5-3-2-4-6-20/h2-14,22-23,30H,15H2,1H3,(H,27,32)/t22-,23-/m1/s1. The highest BCUT2D eigenvalue weighted by Crippen LogP contribution is 2.37. The highest BCUT2D eigenvalue weighted by Gasteiger charge is 2.38. The first-order valence-corrected chi connectivity index (χ1v) is 12.0. The zero-order chi connectivity index (χ0) is 23.5. The van der Waals surface area contributed by atoms with Gasteiger partial charge in [-0.15, -0.1) is 10.2 Å². The van der Waals surface area contributed by atoms with E-state index in [9.17, 15) is 4.79 Å². The summed E-state index contributed by atoms with van der Waals surface area (Å²) in [5.41, 5.74) is 6.27. The van der Waals surface area contributed by atoms with E-state index < -0.39 is 5.25 Å². The minimum absolute atomic E-state index is 0.137. The maximum Gasteiger partial charge on any atom is 0.240 e. The summed E-state index contributed by atoms with van der Waals surface area (Å²) in [7, 11) is 0. The van der Waals surface area contributed by atoms with E-state index in [1.807, 2.05) is 66.2 Å². The largest absolute Gasteiger partial charge is 0.486 e. The molecule has 2 N–H and O–H groups in total. The van der Waals surface area contributed by atoms with E-state index in [0.29, 0.717) is 21.7 Å². The lowest BCUT2D eigenvalue weighted by atomic mass is 10.0. The summed E-state index contributed by atoms with van der Waals surface area (Å²) in [5, 5.41) is 12.3. The van der Waals surface area contributed by atoms with Crippen LogP contribution >= 0.6 is 23.4 Å². The number of benzene rings is 3. The number of fused-ring (bicyclic) bond motifs is 1. The van der Waals surface area contributed by atoms with Gasteiger partial charge in [0.05, 0.1) is 6.04 Å². The van der Waals surface area contributed by atoms with E-state index in [0.717, 1.165) is 16.9 Å². The zero-order valence-electron chi connectivity index (χ0n) is 18.3. The summed E-state index contributed by atoms with van der Waals surface area (Å²) in [4.78, 5) is 13.3. The van der Waals surface area contributed by atoms with E-state index >= 15 is 0 Å². The number of thioether (sulfide) groups is 1. The average molecular weight is 492 g/mol. The molecule has 0 spiro atoms. The highest BCUT2D eigenvalue weighted by atomic mass is 35.5. The predicted molar refractivity (Wildman–Crippen MR) is 134 cm³/mol. The Morgan fingerprint density at radius 3 is 2.53 bits per heavy atom. The molecule has 0 saturated carbocycles. The SMILES string of the molecule is Cc1ccc([C@H]2Nn3c(COc4ccccc4)nnc3S[C@H]2C(=O)Nc2ccc(Cl)cc2)cc1. The number of hydrogen-bond acceptors (Lipinski definition) is 6. The van der Waals surface area contributed by atoms with Gasteiger partial charge >= 0.3 is 0 Å². The summed E-state index contributed by atoms with van der Waals surface area (Å²) in [5.74, 6) is 1.24. The van der Waals surface area contributed by atoms with Crippen molar-refractivity contribution in [3.8, 4) is 5.75 Å². The number of anilines is 1. The number of carbonyl (C=O) groups is 1. The summed E-state index contributed by atoms with van der Waals surface area (Å²) in [6.07, 6.45) is 0. The van der Waals surface area contributed by atoms with Gasteiger partial charge in [-0.3, -0.25) is 4.79 Å². The van der Waals surface area contributed by atoms with Gasteiger partial charge in [-0.25, -0.2) is 4.68 Å². The first kappa shape index (κ1) is 22.3. The van der Waals surface area contributed by atoms with Gasteiger partial charge in [0.25, 0.3) is 0 Å². The fourth-order valence-corrected chi connectivity index (χ4v) is 4.85. The lowest BCUT2D eigenvalue weighted by Gasteiger charge is -2.33. The Morgan fingerprint density at radius 2 is 1.79 bits per heavy atom. The number of amides is 1. The van der Waals surface area contributed by atoms with E-state index in [2.05, 4.69) is 20.9 Å². The maximum atomic E-state index is 13.3. The van der Waals surface area contributed by atoms with Crippen molar-refractivity contribution >= 4 is 35.0 Å². The third-order valence-electron chi connectivity index (χ3n) is 5.42. The molecule has 0 fully saturated rings. The first-order valence-electron chi connectivity index (χ1n) is 10.8. The molecule has 7 nitrogen and oxygen atoms in total. The topological polar surface area (TPSA) is 81.1 Å². The Kier molecular flexibility index (Phi) is 6.42. The van der Waals surface area contributed by atoms with Crippen LogP contribution in [0.25, 0.3) is 0 Å². The average Bonchev–Trinajstić information content (AvgIpc) is 3.26. The molecule has 2 heterocycles. The molecule has 5 rings (SSSR count). The van der Waals surface area contributed by atoms with Gasteiger partial charge in [-0.2, -0.15) is 0 Å². The molecular weight excluding hydrogens is 470 g/mol. The summed E-state index contributed by atoms with van der Waals surface area (Å²) < 4.78 is 7.68. The van der Waals surface area contributed by atoms with Gasteiger partial charge in [0.15, 0.2) is 5.82 Å². The van der Waals surface area contributed by atoms with Gasteiger partial charge in [0.1, 0.15) is 17.6 Å². The summed E-state index contributed by atoms with van der Waals surface area (Å²) >= 11 is 7.35. The summed E-state index contributed by atoms with van der Waals surface area (Å²) in [6, 6.07) is 24.4. The number of nitrogens with one attached hydrogen (secondary N) is 2. The Hall–Kier alpha value is -3.49. The molecule has 172 valence electrons. The molecule has 2 atom stereocenters. The van der Waals surface area contributed by atoms with Crippen LogP contribution in [0.4, 0.5) is 5.69 Å². The molecule has 1 aliphatic rings. The molecule has 34 heavy (non-hydrogen) atoms. The van der Waals surface area contributed by atoms with Crippen LogP contribution in [0.15, 0.2) is 84.0 Å². The van der Waals surface area contributed by atoms with E-state index in [-0.39, 0.29) is 18.6 Å². The number of rotatable bonds is 6. The lowest BCUT2D eigenvalue weighted by Crippen LogP contribution is -2.41. The van der Waals surface area contributed by atoms with Crippen molar-refractivity contribution < 1.29 is 9.53 Å². The van der Waals surface area contributed by atoms with Crippen LogP contribution in [-0.4, -0.2) is 26.0 Å². The second-order valence-corrected chi connectivity index (χ2v) is 9.43. The number of carbonyl (C=O) groups excluding carboxylic acids is 1. The number of ether oxygens (including phenoxy) is 1. The van der Waals surface area contributed by atoms with Crippen molar-refractivity contribution in [2.45, 2.75) is 30.0 Å². The minimum atomic E-state index is -0.474. The van der Waals surface area contributed by atoms with Gasteiger partial charge in [0.2, 0.25) is 11.1 Å². The zero-order valence-corrected chi connectivity index (χ0v) is 19.9. The third kappa shape index (κ3) is 4.88. The number of halogens is 1. The molecule has 4 aromatic rings. The number of nitrogens with zero attached hydrogens (tertiary/aromatic N) is 3. The van der Waals surface area contributed by atoms with Gasteiger partial charge in [-0.1, -0.05) is 71.4 Å². The Balaban J connectivity index is 1.41. The number of para-hydroxylation sites is 1. The highest BCUT2D eigenvalue weighted by molar-refractivity contribution is 8.00. The van der Waals surface area contributed by atoms with Crippen LogP contribution in [-0.2, 0) is 11.4 Å². The lowest BCUT2D eigenvalue weighted by molar-refractivity contribution is -0.116. The first-order chi connectivity index (χ1) is 16.6. The second kappa shape index (κ2) is 9.79. The molecule has 1 amide bonds. The third-order valence-corrected chi connectivity index (χ3v) is 6.89. The smallest absolute Gasteiger partial charge is 0.240 e. The molecule has 0 saturated heterocycles. The van der Waals surface area contributed by atoms with Crippen LogP contribution in [0.3, 0.4) is 0 Å². The van der Waals surface area contributed by atoms with Crippen LogP contribution in [0.2, 0.25) is 5.02 Å². The van der Waals surface area contributed by atoms with Crippen LogP contribution < -0.4 is 15.5 Å². The Bertz CT molecular complexity index is 1280. The van der Waals surface area contributed by atoms with Gasteiger partial charge in [0, 0.05) is 10.7 Å². The van der Waals surface area contributed by atoms with E-state index in [1.165, 1.54) is 11.8 Å².